The molecule has 0 fully saturated rings. The van der Waals surface area contributed by atoms with Gasteiger partial charge in [0.15, 0.2) is 15.6 Å². The number of carbonyl (C=O) groups excluding carboxylic acids is 1. The first-order valence-corrected chi connectivity index (χ1v) is 9.31. The normalized spacial score (nSPS) is 11.6. The average molecular weight is 442 g/mol. The second kappa shape index (κ2) is 6.05. The van der Waals surface area contributed by atoms with Crippen molar-refractivity contribution in [2.75, 3.05) is 5.75 Å². The number of rotatable bonds is 4. The lowest BCUT2D eigenvalue weighted by molar-refractivity contribution is 0.102. The number of sulfone groups is 1. The first kappa shape index (κ1) is 15.8. The van der Waals surface area contributed by atoms with E-state index in [1.165, 1.54) is 11.3 Å². The van der Waals surface area contributed by atoms with Gasteiger partial charge in [-0.05, 0) is 62.2 Å². The van der Waals surface area contributed by atoms with Gasteiger partial charge < -0.3 is 0 Å². The highest BCUT2D eigenvalue weighted by Gasteiger charge is 2.23. The van der Waals surface area contributed by atoms with E-state index < -0.39 is 27.2 Å². The van der Waals surface area contributed by atoms with Gasteiger partial charge in [0, 0.05) is 5.56 Å². The minimum Gasteiger partial charge on any atom is -0.293 e. The number of thiophene rings is 1. The van der Waals surface area contributed by atoms with Crippen LogP contribution in [0.15, 0.2) is 42.8 Å². The lowest BCUT2D eigenvalue weighted by Gasteiger charge is -2.03. The monoisotopic (exact) mass is 440 g/mol. The van der Waals surface area contributed by atoms with Crippen molar-refractivity contribution in [2.45, 2.75) is 4.90 Å². The smallest absolute Gasteiger partial charge is 0.185 e. The van der Waals surface area contributed by atoms with Crippen LogP contribution in [0.1, 0.15) is 10.4 Å². The third-order valence-corrected chi connectivity index (χ3v) is 6.42. The van der Waals surface area contributed by atoms with Crippen molar-refractivity contribution in [2.24, 2.45) is 0 Å². The summed E-state index contributed by atoms with van der Waals surface area (Å²) in [5.74, 6) is -1.69. The Morgan fingerprint density at radius 2 is 1.80 bits per heavy atom. The molecule has 106 valence electrons. The van der Waals surface area contributed by atoms with Crippen LogP contribution in [0.4, 0.5) is 4.39 Å². The molecule has 0 radical (unpaired) electrons. The fraction of sp³-hybridized carbons (Fsp3) is 0.0833. The van der Waals surface area contributed by atoms with Crippen LogP contribution in [0.2, 0.25) is 0 Å². The largest absolute Gasteiger partial charge is 0.293 e. The minimum absolute atomic E-state index is 0.0716. The molecule has 0 unspecified atom stereocenters. The van der Waals surface area contributed by atoms with Crippen LogP contribution in [-0.2, 0) is 9.84 Å². The molecule has 0 aliphatic rings. The Morgan fingerprint density at radius 1 is 1.20 bits per heavy atom. The van der Waals surface area contributed by atoms with Crippen molar-refractivity contribution in [1.82, 2.24) is 0 Å². The third-order valence-electron chi connectivity index (χ3n) is 2.45. The molecule has 2 rings (SSSR count). The second-order valence-electron chi connectivity index (χ2n) is 3.87. The summed E-state index contributed by atoms with van der Waals surface area (Å²) in [5.41, 5.74) is 0.313. The van der Waals surface area contributed by atoms with Gasteiger partial charge in [-0.2, -0.15) is 0 Å². The minimum atomic E-state index is -3.78. The van der Waals surface area contributed by atoms with Crippen LogP contribution in [-0.4, -0.2) is 20.0 Å². The zero-order chi connectivity index (χ0) is 14.9. The molecule has 2 aromatic rings. The summed E-state index contributed by atoms with van der Waals surface area (Å²) in [6, 6.07) is 5.97. The highest BCUT2D eigenvalue weighted by atomic mass is 79.9. The molecule has 0 spiro atoms. The molecule has 20 heavy (non-hydrogen) atoms. The number of hydrogen-bond acceptors (Lipinski definition) is 4. The molecule has 0 saturated carbocycles. The van der Waals surface area contributed by atoms with E-state index in [0.717, 1.165) is 28.1 Å². The van der Waals surface area contributed by atoms with Crippen molar-refractivity contribution in [1.29, 1.82) is 0 Å². The van der Waals surface area contributed by atoms with Gasteiger partial charge in [0.2, 0.25) is 0 Å². The van der Waals surface area contributed by atoms with Gasteiger partial charge in [-0.3, -0.25) is 4.79 Å². The number of halogens is 3. The van der Waals surface area contributed by atoms with Gasteiger partial charge in [-0.1, -0.05) is 0 Å². The molecule has 0 aliphatic heterocycles. The van der Waals surface area contributed by atoms with Gasteiger partial charge in [0.1, 0.15) is 11.6 Å². The maximum Gasteiger partial charge on any atom is 0.185 e. The Labute approximate surface area is 136 Å². The Hall–Kier alpha value is -0.570. The van der Waals surface area contributed by atoms with E-state index in [1.54, 1.807) is 6.07 Å². The molecule has 0 bridgehead atoms. The maximum atomic E-state index is 12.8. The molecule has 0 amide bonds. The predicted octanol–water partition coefficient (Wildman–Crippen LogP) is 4.07. The SMILES string of the molecule is O=C(CS(=O)(=O)c1ccc(F)cc1)c1cc(Br)sc1Br. The summed E-state index contributed by atoms with van der Waals surface area (Å²) in [6.07, 6.45) is 0. The number of benzene rings is 1. The van der Waals surface area contributed by atoms with Crippen LogP contribution >= 0.6 is 43.2 Å². The zero-order valence-electron chi connectivity index (χ0n) is 9.77. The van der Waals surface area contributed by atoms with Gasteiger partial charge in [-0.15, -0.1) is 11.3 Å². The lowest BCUT2D eigenvalue weighted by atomic mass is 10.2. The molecule has 0 N–H and O–H groups in total. The van der Waals surface area contributed by atoms with Crippen molar-refractivity contribution in [3.63, 3.8) is 0 Å². The highest BCUT2D eigenvalue weighted by molar-refractivity contribution is 9.12. The average Bonchev–Trinajstić information content (AvgIpc) is 2.68. The summed E-state index contributed by atoms with van der Waals surface area (Å²) in [4.78, 5) is 12.0. The number of hydrogen-bond donors (Lipinski definition) is 0. The van der Waals surface area contributed by atoms with E-state index in [2.05, 4.69) is 31.9 Å². The molecular formula is C12H7Br2FO3S2. The van der Waals surface area contributed by atoms with Gasteiger partial charge in [0.05, 0.1) is 12.5 Å². The summed E-state index contributed by atoms with van der Waals surface area (Å²) in [5, 5.41) is 0. The standard InChI is InChI=1S/C12H7Br2FO3S2/c13-11-5-9(12(14)19-11)10(16)6-20(17,18)8-3-1-7(15)2-4-8/h1-5H,6H2. The topological polar surface area (TPSA) is 51.2 Å². The van der Waals surface area contributed by atoms with Gasteiger partial charge in [0.25, 0.3) is 0 Å². The highest BCUT2D eigenvalue weighted by Crippen LogP contribution is 2.32. The Kier molecular flexibility index (Phi) is 4.78. The van der Waals surface area contributed by atoms with Crippen LogP contribution in [0, 0.1) is 5.82 Å². The van der Waals surface area contributed by atoms with E-state index in [0.29, 0.717) is 9.35 Å². The van der Waals surface area contributed by atoms with Crippen molar-refractivity contribution in [3.8, 4) is 0 Å². The summed E-state index contributed by atoms with van der Waals surface area (Å²) >= 11 is 7.73. The fourth-order valence-electron chi connectivity index (χ4n) is 1.51. The van der Waals surface area contributed by atoms with E-state index in [9.17, 15) is 17.6 Å². The maximum absolute atomic E-state index is 12.8. The Balaban J connectivity index is 2.26. The number of ketones is 1. The molecule has 0 saturated heterocycles. The van der Waals surface area contributed by atoms with E-state index in [-0.39, 0.29) is 4.90 Å². The quantitative estimate of drug-likeness (QED) is 0.530. The number of Topliss-reactive ketones (excluding diaryl/α,β-unsaturated/α-hetero) is 1. The molecule has 0 atom stereocenters. The molecule has 1 heterocycles. The Bertz CT molecular complexity index is 752. The van der Waals surface area contributed by atoms with Gasteiger partial charge in [-0.25, -0.2) is 12.8 Å². The number of carbonyl (C=O) groups is 1. The van der Waals surface area contributed by atoms with E-state index in [1.807, 2.05) is 0 Å². The molecular weight excluding hydrogens is 435 g/mol. The van der Waals surface area contributed by atoms with Gasteiger partial charge >= 0.3 is 0 Å². The predicted molar refractivity (Wildman–Crippen MR) is 82.5 cm³/mol. The molecule has 8 heteroatoms. The van der Waals surface area contributed by atoms with Crippen molar-refractivity contribution >= 4 is 58.8 Å². The fourth-order valence-corrected chi connectivity index (χ4v) is 5.58. The van der Waals surface area contributed by atoms with Crippen molar-refractivity contribution in [3.05, 3.63) is 49.3 Å². The summed E-state index contributed by atoms with van der Waals surface area (Å²) in [6.45, 7) is 0. The van der Waals surface area contributed by atoms with E-state index >= 15 is 0 Å². The summed E-state index contributed by atoms with van der Waals surface area (Å²) in [7, 11) is -3.78. The van der Waals surface area contributed by atoms with E-state index in [4.69, 9.17) is 0 Å². The first-order chi connectivity index (χ1) is 9.29. The zero-order valence-corrected chi connectivity index (χ0v) is 14.6. The summed E-state index contributed by atoms with van der Waals surface area (Å²) < 4.78 is 38.2. The van der Waals surface area contributed by atoms with Crippen LogP contribution in [0.25, 0.3) is 0 Å². The molecule has 1 aromatic heterocycles. The van der Waals surface area contributed by atoms with Crippen LogP contribution < -0.4 is 0 Å². The van der Waals surface area contributed by atoms with Crippen LogP contribution in [0.3, 0.4) is 0 Å². The second-order valence-corrected chi connectivity index (χ2v) is 9.61. The molecule has 0 aliphatic carbocycles. The molecule has 1 aromatic carbocycles. The third kappa shape index (κ3) is 3.55. The lowest BCUT2D eigenvalue weighted by Crippen LogP contribution is -2.16. The molecule has 3 nitrogen and oxygen atoms in total. The Morgan fingerprint density at radius 3 is 2.30 bits per heavy atom. The first-order valence-electron chi connectivity index (χ1n) is 5.26. The van der Waals surface area contributed by atoms with Crippen LogP contribution in [0.5, 0.6) is 0 Å². The van der Waals surface area contributed by atoms with Crippen molar-refractivity contribution < 1.29 is 17.6 Å².